The number of furan rings is 1. The van der Waals surface area contributed by atoms with Crippen LogP contribution in [-0.2, 0) is 16.0 Å². The van der Waals surface area contributed by atoms with E-state index >= 15 is 0 Å². The average molecular weight is 388 g/mol. The maximum absolute atomic E-state index is 12.1. The number of carbonyl (C=O) groups excluding carboxylic acids is 2. The number of rotatable bonds is 5. The monoisotopic (exact) mass is 387 g/mol. The normalized spacial score (nSPS) is 11.8. The first-order chi connectivity index (χ1) is 13.0. The molecule has 1 atom stereocenters. The maximum Gasteiger partial charge on any atom is 0.475 e. The van der Waals surface area contributed by atoms with E-state index in [1.165, 1.54) is 18.5 Å². The Morgan fingerprint density at radius 1 is 1.19 bits per heavy atom. The van der Waals surface area contributed by atoms with Gasteiger partial charge in [0.1, 0.15) is 5.58 Å². The molecule has 27 heavy (non-hydrogen) atoms. The van der Waals surface area contributed by atoms with Gasteiger partial charge in [-0.05, 0) is 30.2 Å². The van der Waals surface area contributed by atoms with E-state index in [0.717, 1.165) is 5.39 Å². The van der Waals surface area contributed by atoms with Gasteiger partial charge in [0.15, 0.2) is 5.15 Å². The summed E-state index contributed by atoms with van der Waals surface area (Å²) < 4.78 is 5.40. The molecular formula is C17H15BClN3O5. The zero-order valence-electron chi connectivity index (χ0n) is 13.9. The van der Waals surface area contributed by atoms with Crippen LogP contribution in [0.5, 0.6) is 0 Å². The third kappa shape index (κ3) is 4.46. The van der Waals surface area contributed by atoms with Gasteiger partial charge in [0.25, 0.3) is 0 Å². The fraction of sp³-hybridized carbons (Fsp3) is 0.118. The Balaban J connectivity index is 1.69. The van der Waals surface area contributed by atoms with Gasteiger partial charge in [0.2, 0.25) is 0 Å². The fourth-order valence-electron chi connectivity index (χ4n) is 2.55. The molecule has 0 spiro atoms. The van der Waals surface area contributed by atoms with Gasteiger partial charge in [-0.15, -0.1) is 0 Å². The lowest BCUT2D eigenvalue weighted by Gasteiger charge is -2.17. The molecule has 0 unspecified atom stereocenters. The number of hydrogen-bond donors (Lipinski definition) is 4. The van der Waals surface area contributed by atoms with Crippen LogP contribution >= 0.6 is 11.6 Å². The van der Waals surface area contributed by atoms with Gasteiger partial charge in [0, 0.05) is 11.6 Å². The van der Waals surface area contributed by atoms with Crippen molar-refractivity contribution >= 4 is 47.2 Å². The Morgan fingerprint density at radius 3 is 2.70 bits per heavy atom. The molecule has 0 bridgehead atoms. The Hall–Kier alpha value is -2.88. The molecule has 10 heteroatoms. The topological polar surface area (TPSA) is 125 Å². The van der Waals surface area contributed by atoms with Crippen molar-refractivity contribution in [3.05, 3.63) is 59.6 Å². The number of benzene rings is 1. The van der Waals surface area contributed by atoms with Crippen LogP contribution in [-0.4, -0.2) is 39.9 Å². The van der Waals surface area contributed by atoms with Crippen LogP contribution in [0.2, 0.25) is 5.15 Å². The van der Waals surface area contributed by atoms with Crippen LogP contribution in [0, 0.1) is 0 Å². The molecule has 0 radical (unpaired) electrons. The maximum atomic E-state index is 12.1. The lowest BCUT2D eigenvalue weighted by atomic mass is 9.76. The molecule has 0 aliphatic heterocycles. The summed E-state index contributed by atoms with van der Waals surface area (Å²) in [6.45, 7) is 0. The van der Waals surface area contributed by atoms with Crippen molar-refractivity contribution in [2.45, 2.75) is 12.4 Å². The number of aromatic nitrogens is 1. The van der Waals surface area contributed by atoms with E-state index in [1.54, 1.807) is 12.1 Å². The summed E-state index contributed by atoms with van der Waals surface area (Å²) in [5.74, 6) is -3.16. The molecule has 0 fully saturated rings. The summed E-state index contributed by atoms with van der Waals surface area (Å²) in [4.78, 5) is 28.0. The van der Waals surface area contributed by atoms with Crippen molar-refractivity contribution in [1.82, 2.24) is 10.3 Å². The first-order valence-electron chi connectivity index (χ1n) is 7.99. The number of pyridine rings is 1. The second-order valence-corrected chi connectivity index (χ2v) is 6.11. The Bertz CT molecular complexity index is 978. The third-order valence-electron chi connectivity index (χ3n) is 3.89. The molecule has 0 saturated heterocycles. The number of nitrogens with zero attached hydrogens (tertiary/aromatic N) is 1. The van der Waals surface area contributed by atoms with Gasteiger partial charge >= 0.3 is 18.9 Å². The number of fused-ring (bicyclic) bond motifs is 1. The highest BCUT2D eigenvalue weighted by Crippen LogP contribution is 2.22. The molecule has 2 aromatic heterocycles. The van der Waals surface area contributed by atoms with Crippen LogP contribution in [0.25, 0.3) is 11.0 Å². The standard InChI is InChI=1S/C17H15BClN3O5/c19-15-12(5-3-7-20-15)21-16(23)17(24)22-14(18(25)26)8-10-9-27-13-6-2-1-4-11(10)13/h1-7,9,14,25-26H,8H2,(H,21,23)(H,22,24)/t14-/m0/s1. The Labute approximate surface area is 159 Å². The summed E-state index contributed by atoms with van der Waals surface area (Å²) in [5, 5.41) is 24.6. The van der Waals surface area contributed by atoms with Crippen molar-refractivity contribution in [1.29, 1.82) is 0 Å². The molecule has 2 heterocycles. The Morgan fingerprint density at radius 2 is 1.96 bits per heavy atom. The summed E-state index contributed by atoms with van der Waals surface area (Å²) in [5.41, 5.74) is 1.47. The van der Waals surface area contributed by atoms with Crippen LogP contribution in [0.4, 0.5) is 5.69 Å². The number of nitrogens with one attached hydrogen (secondary N) is 2. The van der Waals surface area contributed by atoms with Crippen molar-refractivity contribution < 1.29 is 24.1 Å². The molecule has 0 aliphatic rings. The summed E-state index contributed by atoms with van der Waals surface area (Å²) >= 11 is 5.83. The number of halogens is 1. The van der Waals surface area contributed by atoms with E-state index < -0.39 is 24.9 Å². The van der Waals surface area contributed by atoms with E-state index in [2.05, 4.69) is 15.6 Å². The number of anilines is 1. The first kappa shape index (κ1) is 18.9. The summed E-state index contributed by atoms with van der Waals surface area (Å²) in [7, 11) is -1.88. The van der Waals surface area contributed by atoms with E-state index in [-0.39, 0.29) is 17.3 Å². The van der Waals surface area contributed by atoms with Crippen LogP contribution < -0.4 is 10.6 Å². The molecule has 0 saturated carbocycles. The zero-order valence-corrected chi connectivity index (χ0v) is 14.7. The van der Waals surface area contributed by atoms with Crippen LogP contribution in [0.3, 0.4) is 0 Å². The average Bonchev–Trinajstić information content (AvgIpc) is 3.06. The summed E-state index contributed by atoms with van der Waals surface area (Å²) in [6.07, 6.45) is 2.97. The predicted octanol–water partition coefficient (Wildman–Crippen LogP) is 1.16. The van der Waals surface area contributed by atoms with E-state index in [1.807, 2.05) is 18.2 Å². The lowest BCUT2D eigenvalue weighted by Crippen LogP contribution is -2.51. The second kappa shape index (κ2) is 8.21. The third-order valence-corrected chi connectivity index (χ3v) is 4.19. The van der Waals surface area contributed by atoms with Crippen molar-refractivity contribution in [3.8, 4) is 0 Å². The molecule has 4 N–H and O–H groups in total. The zero-order chi connectivity index (χ0) is 19.4. The van der Waals surface area contributed by atoms with Crippen molar-refractivity contribution in [2.75, 3.05) is 5.32 Å². The highest BCUT2D eigenvalue weighted by atomic mass is 35.5. The van der Waals surface area contributed by atoms with Crippen molar-refractivity contribution in [2.24, 2.45) is 0 Å². The molecule has 8 nitrogen and oxygen atoms in total. The summed E-state index contributed by atoms with van der Waals surface area (Å²) in [6, 6.07) is 10.2. The van der Waals surface area contributed by atoms with Gasteiger partial charge in [-0.3, -0.25) is 9.59 Å². The highest BCUT2D eigenvalue weighted by Gasteiger charge is 2.29. The molecule has 3 rings (SSSR count). The SMILES string of the molecule is O=C(Nc1cccnc1Cl)C(=O)N[C@@H](Cc1coc2ccccc12)B(O)O. The van der Waals surface area contributed by atoms with Gasteiger partial charge in [-0.1, -0.05) is 29.8 Å². The predicted molar refractivity (Wildman–Crippen MR) is 99.9 cm³/mol. The van der Waals surface area contributed by atoms with E-state index in [0.29, 0.717) is 11.1 Å². The minimum atomic E-state index is -1.88. The minimum Gasteiger partial charge on any atom is -0.464 e. The molecular weight excluding hydrogens is 372 g/mol. The molecule has 138 valence electrons. The van der Waals surface area contributed by atoms with Gasteiger partial charge in [-0.2, -0.15) is 0 Å². The minimum absolute atomic E-state index is 0.0299. The lowest BCUT2D eigenvalue weighted by molar-refractivity contribution is -0.136. The Kier molecular flexibility index (Phi) is 5.75. The van der Waals surface area contributed by atoms with Gasteiger partial charge in [-0.25, -0.2) is 4.98 Å². The molecule has 0 aliphatic carbocycles. The van der Waals surface area contributed by atoms with Crippen LogP contribution in [0.1, 0.15) is 5.56 Å². The molecule has 1 aromatic carbocycles. The number of para-hydroxylation sites is 1. The van der Waals surface area contributed by atoms with Crippen LogP contribution in [0.15, 0.2) is 53.3 Å². The second-order valence-electron chi connectivity index (χ2n) is 5.75. The van der Waals surface area contributed by atoms with E-state index in [9.17, 15) is 19.6 Å². The van der Waals surface area contributed by atoms with E-state index in [4.69, 9.17) is 16.0 Å². The largest absolute Gasteiger partial charge is 0.475 e. The molecule has 2 amide bonds. The number of amides is 2. The quantitative estimate of drug-likeness (QED) is 0.296. The fourth-order valence-corrected chi connectivity index (χ4v) is 2.72. The van der Waals surface area contributed by atoms with Crippen molar-refractivity contribution in [3.63, 3.8) is 0 Å². The number of hydrogen-bond acceptors (Lipinski definition) is 6. The first-order valence-corrected chi connectivity index (χ1v) is 8.37. The number of carbonyl (C=O) groups is 2. The smallest absolute Gasteiger partial charge is 0.464 e. The van der Waals surface area contributed by atoms with Gasteiger partial charge in [0.05, 0.1) is 17.9 Å². The highest BCUT2D eigenvalue weighted by molar-refractivity contribution is 6.46. The van der Waals surface area contributed by atoms with Gasteiger partial charge < -0.3 is 25.1 Å². The molecule has 3 aromatic rings.